The molecule has 20 heavy (non-hydrogen) atoms. The van der Waals surface area contributed by atoms with E-state index >= 15 is 0 Å². The standard InChI is InChI=1S/C16H15N3O/c1-11-5-7-13(8-6-11)10-19-15(12(2)20)18-14-4-3-9-17-16(14)19/h3-9H,10H2,1-2H3. The molecule has 1 aromatic carbocycles. The lowest BCUT2D eigenvalue weighted by Crippen LogP contribution is -2.09. The van der Waals surface area contributed by atoms with Crippen molar-refractivity contribution in [2.75, 3.05) is 0 Å². The van der Waals surface area contributed by atoms with Crippen molar-refractivity contribution in [2.24, 2.45) is 0 Å². The highest BCUT2D eigenvalue weighted by Gasteiger charge is 2.15. The van der Waals surface area contributed by atoms with Crippen molar-refractivity contribution in [3.8, 4) is 0 Å². The molecule has 4 nitrogen and oxygen atoms in total. The van der Waals surface area contributed by atoms with Crippen LogP contribution in [0.15, 0.2) is 42.6 Å². The molecule has 0 aliphatic heterocycles. The van der Waals surface area contributed by atoms with E-state index in [9.17, 15) is 4.79 Å². The van der Waals surface area contributed by atoms with E-state index in [0.717, 1.165) is 16.7 Å². The SMILES string of the molecule is CC(=O)c1nc2cccnc2n1Cc1ccc(C)cc1. The lowest BCUT2D eigenvalue weighted by Gasteiger charge is -2.07. The van der Waals surface area contributed by atoms with Gasteiger partial charge in [-0.25, -0.2) is 9.97 Å². The third-order valence-corrected chi connectivity index (χ3v) is 3.28. The summed E-state index contributed by atoms with van der Waals surface area (Å²) in [5, 5.41) is 0. The second-order valence-electron chi connectivity index (χ2n) is 4.91. The molecule has 0 N–H and O–H groups in total. The Bertz CT molecular complexity index is 772. The monoisotopic (exact) mass is 265 g/mol. The summed E-state index contributed by atoms with van der Waals surface area (Å²) < 4.78 is 1.88. The molecular formula is C16H15N3O. The topological polar surface area (TPSA) is 47.8 Å². The molecule has 0 saturated carbocycles. The average Bonchev–Trinajstić information content (AvgIpc) is 2.81. The summed E-state index contributed by atoms with van der Waals surface area (Å²) in [7, 11) is 0. The first-order valence-electron chi connectivity index (χ1n) is 6.53. The van der Waals surface area contributed by atoms with Gasteiger partial charge in [0, 0.05) is 13.1 Å². The van der Waals surface area contributed by atoms with Gasteiger partial charge >= 0.3 is 0 Å². The molecule has 0 bridgehead atoms. The summed E-state index contributed by atoms with van der Waals surface area (Å²) in [6.45, 7) is 4.19. The zero-order chi connectivity index (χ0) is 14.1. The maximum atomic E-state index is 11.8. The summed E-state index contributed by atoms with van der Waals surface area (Å²) in [6.07, 6.45) is 1.72. The van der Waals surface area contributed by atoms with E-state index in [1.54, 1.807) is 6.20 Å². The maximum absolute atomic E-state index is 11.8. The summed E-state index contributed by atoms with van der Waals surface area (Å²) in [5.41, 5.74) is 3.85. The minimum atomic E-state index is -0.0462. The molecule has 0 spiro atoms. The molecule has 0 radical (unpaired) electrons. The third kappa shape index (κ3) is 2.20. The molecule has 0 fully saturated rings. The smallest absolute Gasteiger partial charge is 0.195 e. The molecule has 4 heteroatoms. The number of Topliss-reactive ketones (excluding diaryl/α,β-unsaturated/α-hetero) is 1. The van der Waals surface area contributed by atoms with Crippen LogP contribution in [0, 0.1) is 6.92 Å². The van der Waals surface area contributed by atoms with Crippen LogP contribution in [0.4, 0.5) is 0 Å². The first-order chi connectivity index (χ1) is 9.65. The molecule has 0 aliphatic carbocycles. The van der Waals surface area contributed by atoms with Crippen molar-refractivity contribution in [1.29, 1.82) is 0 Å². The van der Waals surface area contributed by atoms with Crippen LogP contribution in [0.5, 0.6) is 0 Å². The number of pyridine rings is 1. The van der Waals surface area contributed by atoms with Crippen molar-refractivity contribution in [3.63, 3.8) is 0 Å². The predicted molar refractivity (Wildman–Crippen MR) is 77.8 cm³/mol. The zero-order valence-corrected chi connectivity index (χ0v) is 11.5. The van der Waals surface area contributed by atoms with Gasteiger partial charge in [-0.3, -0.25) is 4.79 Å². The van der Waals surface area contributed by atoms with Gasteiger partial charge in [0.1, 0.15) is 5.52 Å². The number of carbonyl (C=O) groups excluding carboxylic acids is 1. The fourth-order valence-corrected chi connectivity index (χ4v) is 2.25. The van der Waals surface area contributed by atoms with Crippen LogP contribution in [0.2, 0.25) is 0 Å². The maximum Gasteiger partial charge on any atom is 0.195 e. The normalized spacial score (nSPS) is 10.9. The highest BCUT2D eigenvalue weighted by molar-refractivity contribution is 5.94. The van der Waals surface area contributed by atoms with Crippen molar-refractivity contribution >= 4 is 16.9 Å². The fourth-order valence-electron chi connectivity index (χ4n) is 2.25. The molecule has 2 heterocycles. The zero-order valence-electron chi connectivity index (χ0n) is 11.5. The molecule has 0 atom stereocenters. The number of hydrogen-bond donors (Lipinski definition) is 0. The van der Waals surface area contributed by atoms with Gasteiger partial charge in [-0.15, -0.1) is 0 Å². The van der Waals surface area contributed by atoms with E-state index in [-0.39, 0.29) is 5.78 Å². The number of ketones is 1. The van der Waals surface area contributed by atoms with E-state index in [2.05, 4.69) is 41.2 Å². The molecule has 0 saturated heterocycles. The number of fused-ring (bicyclic) bond motifs is 1. The summed E-state index contributed by atoms with van der Waals surface area (Å²) in [6, 6.07) is 12.0. The Morgan fingerprint density at radius 2 is 1.95 bits per heavy atom. The number of carbonyl (C=O) groups is 1. The number of nitrogens with zero attached hydrogens (tertiary/aromatic N) is 3. The Morgan fingerprint density at radius 1 is 1.20 bits per heavy atom. The van der Waals surface area contributed by atoms with Crippen LogP contribution in [-0.2, 0) is 6.54 Å². The average molecular weight is 265 g/mol. The second kappa shape index (κ2) is 4.89. The Hall–Kier alpha value is -2.49. The van der Waals surface area contributed by atoms with Crippen LogP contribution >= 0.6 is 0 Å². The summed E-state index contributed by atoms with van der Waals surface area (Å²) in [4.78, 5) is 20.5. The first-order valence-corrected chi connectivity index (χ1v) is 6.53. The number of rotatable bonds is 3. The van der Waals surface area contributed by atoms with E-state index in [0.29, 0.717) is 12.4 Å². The number of hydrogen-bond acceptors (Lipinski definition) is 3. The lowest BCUT2D eigenvalue weighted by atomic mass is 10.1. The minimum Gasteiger partial charge on any atom is -0.302 e. The number of aromatic nitrogens is 3. The van der Waals surface area contributed by atoms with Crippen molar-refractivity contribution < 1.29 is 4.79 Å². The predicted octanol–water partition coefficient (Wildman–Crippen LogP) is 2.99. The molecule has 0 unspecified atom stereocenters. The summed E-state index contributed by atoms with van der Waals surface area (Å²) in [5.74, 6) is 0.411. The van der Waals surface area contributed by atoms with Crippen LogP contribution in [-0.4, -0.2) is 20.3 Å². The van der Waals surface area contributed by atoms with E-state index < -0.39 is 0 Å². The number of aryl methyl sites for hydroxylation is 1. The molecule has 2 aromatic heterocycles. The number of benzene rings is 1. The van der Waals surface area contributed by atoms with Gasteiger partial charge in [0.25, 0.3) is 0 Å². The second-order valence-corrected chi connectivity index (χ2v) is 4.91. The van der Waals surface area contributed by atoms with Crippen LogP contribution < -0.4 is 0 Å². The van der Waals surface area contributed by atoms with Gasteiger partial charge in [-0.2, -0.15) is 0 Å². The first kappa shape index (κ1) is 12.5. The van der Waals surface area contributed by atoms with Gasteiger partial charge in [0.15, 0.2) is 17.3 Å². The minimum absolute atomic E-state index is 0.0462. The Kier molecular flexibility index (Phi) is 3.06. The lowest BCUT2D eigenvalue weighted by molar-refractivity contribution is 0.100. The largest absolute Gasteiger partial charge is 0.302 e. The summed E-state index contributed by atoms with van der Waals surface area (Å²) >= 11 is 0. The molecule has 3 aromatic rings. The van der Waals surface area contributed by atoms with Gasteiger partial charge in [-0.1, -0.05) is 29.8 Å². The Morgan fingerprint density at radius 3 is 2.65 bits per heavy atom. The van der Waals surface area contributed by atoms with Gasteiger partial charge in [-0.05, 0) is 24.6 Å². The molecular weight excluding hydrogens is 250 g/mol. The van der Waals surface area contributed by atoms with E-state index in [4.69, 9.17) is 0 Å². The van der Waals surface area contributed by atoms with Crippen LogP contribution in [0.3, 0.4) is 0 Å². The van der Waals surface area contributed by atoms with Gasteiger partial charge < -0.3 is 4.57 Å². The Labute approximate surface area is 117 Å². The molecule has 0 amide bonds. The highest BCUT2D eigenvalue weighted by Crippen LogP contribution is 2.16. The van der Waals surface area contributed by atoms with Crippen molar-refractivity contribution in [2.45, 2.75) is 20.4 Å². The molecule has 100 valence electrons. The van der Waals surface area contributed by atoms with E-state index in [1.807, 2.05) is 16.7 Å². The van der Waals surface area contributed by atoms with Crippen molar-refractivity contribution in [3.05, 3.63) is 59.5 Å². The van der Waals surface area contributed by atoms with Crippen LogP contribution in [0.1, 0.15) is 28.7 Å². The third-order valence-electron chi connectivity index (χ3n) is 3.28. The number of imidazole rings is 1. The fraction of sp³-hybridized carbons (Fsp3) is 0.188. The van der Waals surface area contributed by atoms with Gasteiger partial charge in [0.05, 0.1) is 6.54 Å². The highest BCUT2D eigenvalue weighted by atomic mass is 16.1. The van der Waals surface area contributed by atoms with Crippen molar-refractivity contribution in [1.82, 2.24) is 14.5 Å². The molecule has 3 rings (SSSR count). The van der Waals surface area contributed by atoms with Crippen LogP contribution in [0.25, 0.3) is 11.2 Å². The molecule has 0 aliphatic rings. The van der Waals surface area contributed by atoms with Gasteiger partial charge in [0.2, 0.25) is 0 Å². The quantitative estimate of drug-likeness (QED) is 0.684. The Balaban J connectivity index is 2.11. The van der Waals surface area contributed by atoms with E-state index in [1.165, 1.54) is 12.5 Å².